The number of carbonyl (C=O) groups is 1. The Morgan fingerprint density at radius 1 is 1.41 bits per heavy atom. The van der Waals surface area contributed by atoms with Crippen LogP contribution in [0.4, 0.5) is 0 Å². The third kappa shape index (κ3) is 1.83. The van der Waals surface area contributed by atoms with Crippen LogP contribution in [0.1, 0.15) is 29.2 Å². The molecule has 4 nitrogen and oxygen atoms in total. The molecule has 0 aromatic heterocycles. The summed E-state index contributed by atoms with van der Waals surface area (Å²) in [5.41, 5.74) is 3.70. The second-order valence-electron chi connectivity index (χ2n) is 4.71. The summed E-state index contributed by atoms with van der Waals surface area (Å²) in [5, 5.41) is 12.3. The van der Waals surface area contributed by atoms with Crippen molar-refractivity contribution in [2.24, 2.45) is 5.92 Å². The number of rotatable bonds is 2. The smallest absolute Gasteiger partial charge is 0.307 e. The predicted molar refractivity (Wildman–Crippen MR) is 61.4 cm³/mol. The summed E-state index contributed by atoms with van der Waals surface area (Å²) in [4.78, 5) is 10.9. The predicted octanol–water partition coefficient (Wildman–Crippen LogP) is 1.45. The first-order valence-corrected chi connectivity index (χ1v) is 5.90. The molecule has 0 amide bonds. The SMILES string of the molecule is O=C(O)C1CNC(c2cccc3c2COC3)C1. The van der Waals surface area contributed by atoms with Gasteiger partial charge in [-0.1, -0.05) is 18.2 Å². The van der Waals surface area contributed by atoms with Crippen LogP contribution in [0.25, 0.3) is 0 Å². The Morgan fingerprint density at radius 3 is 3.06 bits per heavy atom. The zero-order valence-electron chi connectivity index (χ0n) is 9.48. The van der Waals surface area contributed by atoms with Crippen LogP contribution in [0.15, 0.2) is 18.2 Å². The van der Waals surface area contributed by atoms with E-state index < -0.39 is 5.97 Å². The molecule has 1 aromatic rings. The summed E-state index contributed by atoms with van der Waals surface area (Å²) in [7, 11) is 0. The van der Waals surface area contributed by atoms with Crippen LogP contribution in [-0.4, -0.2) is 17.6 Å². The first-order chi connectivity index (χ1) is 8.25. The van der Waals surface area contributed by atoms with Crippen molar-refractivity contribution in [3.63, 3.8) is 0 Å². The summed E-state index contributed by atoms with van der Waals surface area (Å²) < 4.78 is 5.45. The molecule has 1 aromatic carbocycles. The van der Waals surface area contributed by atoms with Crippen molar-refractivity contribution in [2.45, 2.75) is 25.7 Å². The van der Waals surface area contributed by atoms with E-state index in [1.54, 1.807) is 0 Å². The van der Waals surface area contributed by atoms with Gasteiger partial charge in [-0.25, -0.2) is 0 Å². The Bertz CT molecular complexity index is 458. The zero-order valence-corrected chi connectivity index (χ0v) is 9.48. The standard InChI is InChI=1S/C13H15NO3/c15-13(16)9-4-12(14-5-9)10-3-1-2-8-6-17-7-11(8)10/h1-3,9,12,14H,4-7H2,(H,15,16). The minimum atomic E-state index is -0.705. The minimum Gasteiger partial charge on any atom is -0.481 e. The Kier molecular flexibility index (Phi) is 2.61. The minimum absolute atomic E-state index is 0.160. The van der Waals surface area contributed by atoms with E-state index in [0.717, 1.165) is 0 Å². The maximum Gasteiger partial charge on any atom is 0.307 e. The molecule has 0 spiro atoms. The van der Waals surface area contributed by atoms with Gasteiger partial charge in [-0.2, -0.15) is 0 Å². The Morgan fingerprint density at radius 2 is 2.29 bits per heavy atom. The van der Waals surface area contributed by atoms with Crippen LogP contribution >= 0.6 is 0 Å². The fraction of sp³-hybridized carbons (Fsp3) is 0.462. The molecule has 0 aliphatic carbocycles. The number of aliphatic carboxylic acids is 1. The number of ether oxygens (including phenoxy) is 1. The molecule has 2 aliphatic rings. The monoisotopic (exact) mass is 233 g/mol. The average Bonchev–Trinajstić information content (AvgIpc) is 2.97. The van der Waals surface area contributed by atoms with Crippen LogP contribution < -0.4 is 5.32 Å². The van der Waals surface area contributed by atoms with E-state index in [1.807, 2.05) is 6.07 Å². The van der Waals surface area contributed by atoms with Gasteiger partial charge in [0.05, 0.1) is 19.1 Å². The first kappa shape index (κ1) is 10.7. The highest BCUT2D eigenvalue weighted by atomic mass is 16.5. The number of hydrogen-bond donors (Lipinski definition) is 2. The number of nitrogens with one attached hydrogen (secondary N) is 1. The Labute approximate surface area is 99.6 Å². The summed E-state index contributed by atoms with van der Waals surface area (Å²) in [5.74, 6) is -0.970. The lowest BCUT2D eigenvalue weighted by atomic mass is 9.94. The number of fused-ring (bicyclic) bond motifs is 1. The van der Waals surface area contributed by atoms with Gasteiger partial charge >= 0.3 is 5.97 Å². The lowest BCUT2D eigenvalue weighted by Gasteiger charge is -2.14. The lowest BCUT2D eigenvalue weighted by molar-refractivity contribution is -0.141. The molecule has 2 heterocycles. The first-order valence-electron chi connectivity index (χ1n) is 5.90. The summed E-state index contributed by atoms with van der Waals surface area (Å²) >= 11 is 0. The number of carboxylic acids is 1. The van der Waals surface area contributed by atoms with E-state index in [2.05, 4.69) is 17.4 Å². The van der Waals surface area contributed by atoms with Gasteiger partial charge in [0, 0.05) is 12.6 Å². The molecule has 2 atom stereocenters. The van der Waals surface area contributed by atoms with Crippen LogP contribution in [0, 0.1) is 5.92 Å². The largest absolute Gasteiger partial charge is 0.481 e. The maximum atomic E-state index is 10.9. The molecule has 90 valence electrons. The van der Waals surface area contributed by atoms with Crippen LogP contribution in [-0.2, 0) is 22.7 Å². The Hall–Kier alpha value is -1.39. The van der Waals surface area contributed by atoms with Gasteiger partial charge in [0.15, 0.2) is 0 Å². The maximum absolute atomic E-state index is 10.9. The number of carboxylic acid groups (broad SMARTS) is 1. The molecule has 0 radical (unpaired) electrons. The molecule has 4 heteroatoms. The van der Waals surface area contributed by atoms with Crippen molar-refractivity contribution in [3.05, 3.63) is 34.9 Å². The molecule has 0 saturated carbocycles. The lowest BCUT2D eigenvalue weighted by Crippen LogP contribution is -2.17. The van der Waals surface area contributed by atoms with Gasteiger partial charge in [-0.3, -0.25) is 4.79 Å². The van der Waals surface area contributed by atoms with E-state index in [4.69, 9.17) is 9.84 Å². The van der Waals surface area contributed by atoms with Gasteiger partial charge in [-0.05, 0) is 23.1 Å². The molecule has 3 rings (SSSR count). The number of benzene rings is 1. The molecule has 0 bridgehead atoms. The van der Waals surface area contributed by atoms with Crippen LogP contribution in [0.5, 0.6) is 0 Å². The third-order valence-corrected chi connectivity index (χ3v) is 3.67. The second-order valence-corrected chi connectivity index (χ2v) is 4.71. The molecule has 2 unspecified atom stereocenters. The molecular weight excluding hydrogens is 218 g/mol. The molecule has 2 aliphatic heterocycles. The zero-order chi connectivity index (χ0) is 11.8. The van der Waals surface area contributed by atoms with E-state index in [1.165, 1.54) is 16.7 Å². The topological polar surface area (TPSA) is 58.6 Å². The van der Waals surface area contributed by atoms with Gasteiger partial charge in [0.2, 0.25) is 0 Å². The normalized spacial score (nSPS) is 27.1. The summed E-state index contributed by atoms with van der Waals surface area (Å²) in [6, 6.07) is 6.34. The molecule has 1 fully saturated rings. The van der Waals surface area contributed by atoms with Crippen molar-refractivity contribution in [2.75, 3.05) is 6.54 Å². The van der Waals surface area contributed by atoms with E-state index in [0.29, 0.717) is 26.2 Å². The van der Waals surface area contributed by atoms with Crippen molar-refractivity contribution >= 4 is 5.97 Å². The van der Waals surface area contributed by atoms with E-state index in [9.17, 15) is 4.79 Å². The van der Waals surface area contributed by atoms with Crippen molar-refractivity contribution < 1.29 is 14.6 Å². The fourth-order valence-electron chi connectivity index (χ4n) is 2.72. The summed E-state index contributed by atoms with van der Waals surface area (Å²) in [6.07, 6.45) is 0.672. The van der Waals surface area contributed by atoms with Crippen molar-refractivity contribution in [3.8, 4) is 0 Å². The second kappa shape index (κ2) is 4.13. The van der Waals surface area contributed by atoms with Gasteiger partial charge in [0.1, 0.15) is 0 Å². The van der Waals surface area contributed by atoms with E-state index in [-0.39, 0.29) is 12.0 Å². The fourth-order valence-corrected chi connectivity index (χ4v) is 2.72. The molecule has 2 N–H and O–H groups in total. The van der Waals surface area contributed by atoms with Crippen molar-refractivity contribution in [1.29, 1.82) is 0 Å². The molecule has 1 saturated heterocycles. The highest BCUT2D eigenvalue weighted by Gasteiger charge is 2.32. The highest BCUT2D eigenvalue weighted by molar-refractivity contribution is 5.70. The van der Waals surface area contributed by atoms with Crippen molar-refractivity contribution in [1.82, 2.24) is 5.32 Å². The average molecular weight is 233 g/mol. The highest BCUT2D eigenvalue weighted by Crippen LogP contribution is 2.33. The quantitative estimate of drug-likeness (QED) is 0.811. The summed E-state index contributed by atoms with van der Waals surface area (Å²) in [6.45, 7) is 1.89. The van der Waals surface area contributed by atoms with Crippen LogP contribution in [0.3, 0.4) is 0 Å². The third-order valence-electron chi connectivity index (χ3n) is 3.67. The van der Waals surface area contributed by atoms with Crippen LogP contribution in [0.2, 0.25) is 0 Å². The van der Waals surface area contributed by atoms with Gasteiger partial charge in [0.25, 0.3) is 0 Å². The van der Waals surface area contributed by atoms with Gasteiger partial charge < -0.3 is 15.2 Å². The van der Waals surface area contributed by atoms with E-state index >= 15 is 0 Å². The number of hydrogen-bond acceptors (Lipinski definition) is 3. The Balaban J connectivity index is 1.86. The molecular formula is C13H15NO3. The van der Waals surface area contributed by atoms with Gasteiger partial charge in [-0.15, -0.1) is 0 Å². The molecule has 17 heavy (non-hydrogen) atoms.